The Kier molecular flexibility index (Phi) is 4.57. The van der Waals surface area contributed by atoms with Crippen LogP contribution in [0.15, 0.2) is 36.1 Å². The largest absolute Gasteiger partial charge is 0.352 e. The lowest BCUT2D eigenvalue weighted by Crippen LogP contribution is -2.25. The molecule has 1 N–H and O–H groups in total. The molecule has 1 amide bonds. The van der Waals surface area contributed by atoms with Crippen molar-refractivity contribution in [2.24, 2.45) is 0 Å². The van der Waals surface area contributed by atoms with Crippen LogP contribution in [0.3, 0.4) is 0 Å². The van der Waals surface area contributed by atoms with E-state index in [1.807, 2.05) is 46.8 Å². The molecular formula is C16H19N5OS. The van der Waals surface area contributed by atoms with Gasteiger partial charge < -0.3 is 5.32 Å². The van der Waals surface area contributed by atoms with Crippen LogP contribution in [0.1, 0.15) is 28.2 Å². The van der Waals surface area contributed by atoms with Gasteiger partial charge in [-0.05, 0) is 32.4 Å². The fourth-order valence-electron chi connectivity index (χ4n) is 2.58. The Hall–Kier alpha value is -2.41. The average molecular weight is 329 g/mol. The highest BCUT2D eigenvalue weighted by atomic mass is 32.1. The second-order valence-corrected chi connectivity index (χ2v) is 6.19. The number of amides is 1. The van der Waals surface area contributed by atoms with E-state index in [2.05, 4.69) is 15.4 Å². The molecule has 0 unspecified atom stereocenters. The first-order chi connectivity index (χ1) is 11.2. The van der Waals surface area contributed by atoms with E-state index >= 15 is 0 Å². The Morgan fingerprint density at radius 1 is 1.35 bits per heavy atom. The number of hydrogen-bond donors (Lipinski definition) is 1. The molecule has 0 saturated heterocycles. The van der Waals surface area contributed by atoms with E-state index in [1.165, 1.54) is 0 Å². The number of carbonyl (C=O) groups is 1. The smallest absolute Gasteiger partial charge is 0.253 e. The molecule has 0 aliphatic carbocycles. The van der Waals surface area contributed by atoms with Gasteiger partial charge in [0.2, 0.25) is 0 Å². The van der Waals surface area contributed by atoms with E-state index in [0.29, 0.717) is 12.1 Å². The van der Waals surface area contributed by atoms with E-state index in [4.69, 9.17) is 0 Å². The first-order valence-electron chi connectivity index (χ1n) is 7.51. The van der Waals surface area contributed by atoms with Gasteiger partial charge in [-0.25, -0.2) is 4.98 Å². The Bertz CT molecular complexity index is 774. The molecule has 3 heterocycles. The molecule has 0 saturated carbocycles. The summed E-state index contributed by atoms with van der Waals surface area (Å²) in [6.07, 6.45) is 6.29. The minimum atomic E-state index is -0.0404. The molecule has 0 aliphatic rings. The fraction of sp³-hybridized carbons (Fsp3) is 0.312. The lowest BCUT2D eigenvalue weighted by Gasteiger charge is -2.07. The topological polar surface area (TPSA) is 64.7 Å². The van der Waals surface area contributed by atoms with Gasteiger partial charge in [0.1, 0.15) is 0 Å². The SMILES string of the molecule is Cc1cc(C(=O)NCCCn2cccn2)c(C)n1-c1nccs1. The standard InChI is InChI=1S/C16H19N5OS/c1-12-11-14(13(2)21(12)16-18-7-10-23-16)15(22)17-5-3-8-20-9-4-6-19-20/h4,6-7,9-11H,3,5,8H2,1-2H3,(H,17,22). The Morgan fingerprint density at radius 2 is 2.22 bits per heavy atom. The summed E-state index contributed by atoms with van der Waals surface area (Å²) >= 11 is 1.56. The van der Waals surface area contributed by atoms with Crippen LogP contribution in [-0.2, 0) is 6.54 Å². The zero-order valence-electron chi connectivity index (χ0n) is 13.2. The van der Waals surface area contributed by atoms with Crippen molar-refractivity contribution in [1.29, 1.82) is 0 Å². The van der Waals surface area contributed by atoms with Gasteiger partial charge >= 0.3 is 0 Å². The number of carbonyl (C=O) groups excluding carboxylic acids is 1. The summed E-state index contributed by atoms with van der Waals surface area (Å²) < 4.78 is 3.88. The molecule has 0 atom stereocenters. The van der Waals surface area contributed by atoms with E-state index in [-0.39, 0.29) is 5.91 Å². The molecule has 6 nitrogen and oxygen atoms in total. The highest BCUT2D eigenvalue weighted by Gasteiger charge is 2.17. The van der Waals surface area contributed by atoms with Crippen molar-refractivity contribution < 1.29 is 4.79 Å². The molecule has 120 valence electrons. The first kappa shape index (κ1) is 15.5. The fourth-order valence-corrected chi connectivity index (χ4v) is 3.34. The zero-order valence-corrected chi connectivity index (χ0v) is 14.0. The molecule has 0 bridgehead atoms. The first-order valence-corrected chi connectivity index (χ1v) is 8.39. The van der Waals surface area contributed by atoms with Crippen molar-refractivity contribution >= 4 is 17.2 Å². The number of thiazole rings is 1. The number of nitrogens with one attached hydrogen (secondary N) is 1. The third-order valence-corrected chi connectivity index (χ3v) is 4.45. The summed E-state index contributed by atoms with van der Waals surface area (Å²) in [4.78, 5) is 16.7. The van der Waals surface area contributed by atoms with E-state index in [0.717, 1.165) is 29.5 Å². The van der Waals surface area contributed by atoms with Crippen molar-refractivity contribution in [3.63, 3.8) is 0 Å². The maximum atomic E-state index is 12.4. The van der Waals surface area contributed by atoms with Crippen molar-refractivity contribution in [2.45, 2.75) is 26.8 Å². The lowest BCUT2D eigenvalue weighted by molar-refractivity contribution is 0.0952. The van der Waals surface area contributed by atoms with Crippen molar-refractivity contribution in [3.8, 4) is 5.13 Å². The third-order valence-electron chi connectivity index (χ3n) is 3.70. The molecule has 7 heteroatoms. The highest BCUT2D eigenvalue weighted by molar-refractivity contribution is 7.12. The molecule has 3 aromatic heterocycles. The molecule has 0 radical (unpaired) electrons. The van der Waals surface area contributed by atoms with Gasteiger partial charge in [-0.2, -0.15) is 5.10 Å². The van der Waals surface area contributed by atoms with Crippen LogP contribution in [0, 0.1) is 13.8 Å². The van der Waals surface area contributed by atoms with Gasteiger partial charge in [0.25, 0.3) is 5.91 Å². The van der Waals surface area contributed by atoms with Crippen molar-refractivity contribution in [2.75, 3.05) is 6.54 Å². The lowest BCUT2D eigenvalue weighted by atomic mass is 10.2. The maximum absolute atomic E-state index is 12.4. The van der Waals surface area contributed by atoms with E-state index < -0.39 is 0 Å². The van der Waals surface area contributed by atoms with Gasteiger partial charge in [0.05, 0.1) is 5.56 Å². The minimum absolute atomic E-state index is 0.0404. The van der Waals surface area contributed by atoms with Crippen molar-refractivity contribution in [1.82, 2.24) is 24.6 Å². The quantitative estimate of drug-likeness (QED) is 0.707. The zero-order chi connectivity index (χ0) is 16.2. The summed E-state index contributed by atoms with van der Waals surface area (Å²) in [5.41, 5.74) is 2.64. The minimum Gasteiger partial charge on any atom is -0.352 e. The number of nitrogens with zero attached hydrogens (tertiary/aromatic N) is 4. The molecule has 23 heavy (non-hydrogen) atoms. The summed E-state index contributed by atoms with van der Waals surface area (Å²) in [7, 11) is 0. The van der Waals surface area contributed by atoms with E-state index in [9.17, 15) is 4.79 Å². The number of aromatic nitrogens is 4. The van der Waals surface area contributed by atoms with Gasteiger partial charge in [0, 0.05) is 48.4 Å². The number of rotatable bonds is 6. The number of aryl methyl sites for hydroxylation is 2. The van der Waals surface area contributed by atoms with Crippen LogP contribution in [0.4, 0.5) is 0 Å². The van der Waals surface area contributed by atoms with Crippen LogP contribution >= 0.6 is 11.3 Å². The maximum Gasteiger partial charge on any atom is 0.253 e. The van der Waals surface area contributed by atoms with Gasteiger partial charge in [0.15, 0.2) is 5.13 Å². The van der Waals surface area contributed by atoms with Gasteiger partial charge in [-0.3, -0.25) is 14.0 Å². The Morgan fingerprint density at radius 3 is 2.91 bits per heavy atom. The summed E-state index contributed by atoms with van der Waals surface area (Å²) in [5, 5.41) is 9.94. The molecule has 3 aromatic rings. The molecule has 0 aromatic carbocycles. The molecule has 0 spiro atoms. The monoisotopic (exact) mass is 329 g/mol. The summed E-state index contributed by atoms with van der Waals surface area (Å²) in [6.45, 7) is 5.36. The van der Waals surface area contributed by atoms with Crippen molar-refractivity contribution in [3.05, 3.63) is 53.1 Å². The second-order valence-electron chi connectivity index (χ2n) is 5.31. The predicted molar refractivity (Wildman–Crippen MR) is 90.1 cm³/mol. The average Bonchev–Trinajstić information content (AvgIpc) is 3.25. The van der Waals surface area contributed by atoms with Gasteiger partial charge in [-0.15, -0.1) is 11.3 Å². The highest BCUT2D eigenvalue weighted by Crippen LogP contribution is 2.22. The van der Waals surface area contributed by atoms with Crippen LogP contribution in [-0.4, -0.2) is 31.8 Å². The number of hydrogen-bond acceptors (Lipinski definition) is 4. The Labute approximate surface area is 138 Å². The molecule has 3 rings (SSSR count). The van der Waals surface area contributed by atoms with Gasteiger partial charge in [-0.1, -0.05) is 0 Å². The summed E-state index contributed by atoms with van der Waals surface area (Å²) in [6, 6.07) is 3.81. The van der Waals surface area contributed by atoms with Crippen LogP contribution in [0.5, 0.6) is 0 Å². The third kappa shape index (κ3) is 3.34. The molecule has 0 fully saturated rings. The Balaban J connectivity index is 1.62. The molecular weight excluding hydrogens is 310 g/mol. The van der Waals surface area contributed by atoms with E-state index in [1.54, 1.807) is 23.7 Å². The normalized spacial score (nSPS) is 10.9. The van der Waals surface area contributed by atoms with Crippen LogP contribution in [0.2, 0.25) is 0 Å². The van der Waals surface area contributed by atoms with Crippen LogP contribution < -0.4 is 5.32 Å². The summed E-state index contributed by atoms with van der Waals surface area (Å²) in [5.74, 6) is -0.0404. The molecule has 0 aliphatic heterocycles. The second kappa shape index (κ2) is 6.78. The van der Waals surface area contributed by atoms with Crippen LogP contribution in [0.25, 0.3) is 5.13 Å². The predicted octanol–water partition coefficient (Wildman–Crippen LogP) is 2.57.